The zero-order valence-electron chi connectivity index (χ0n) is 22.4. The highest BCUT2D eigenvalue weighted by atomic mass is 16.5. The van der Waals surface area contributed by atoms with E-state index in [1.165, 1.54) is 6.33 Å². The number of hydrogen-bond acceptors (Lipinski definition) is 10. The minimum atomic E-state index is -0.491. The van der Waals surface area contributed by atoms with Crippen LogP contribution in [0.5, 0.6) is 23.1 Å². The maximum atomic E-state index is 12.6. The Labute approximate surface area is 225 Å². The molecule has 12 nitrogen and oxygen atoms in total. The van der Waals surface area contributed by atoms with Crippen LogP contribution in [-0.2, 0) is 14.9 Å². The van der Waals surface area contributed by atoms with Crippen molar-refractivity contribution in [2.24, 2.45) is 0 Å². The molecule has 0 aliphatic heterocycles. The van der Waals surface area contributed by atoms with Crippen molar-refractivity contribution < 1.29 is 33.0 Å². The number of amides is 2. The van der Waals surface area contributed by atoms with E-state index < -0.39 is 11.4 Å². The molecule has 0 saturated carbocycles. The summed E-state index contributed by atoms with van der Waals surface area (Å²) in [5.41, 5.74) is 0.721. The maximum Gasteiger partial charge on any atom is 0.324 e. The molecule has 0 fully saturated rings. The first-order valence-electron chi connectivity index (χ1n) is 12.1. The van der Waals surface area contributed by atoms with Crippen LogP contribution in [0.4, 0.5) is 16.3 Å². The highest BCUT2D eigenvalue weighted by molar-refractivity contribution is 5.99. The number of fused-ring (bicyclic) bond motifs is 1. The molecule has 12 heteroatoms. The van der Waals surface area contributed by atoms with Crippen molar-refractivity contribution in [3.05, 3.63) is 54.6 Å². The predicted octanol–water partition coefficient (Wildman–Crippen LogP) is 5.01. The van der Waals surface area contributed by atoms with Gasteiger partial charge in [-0.15, -0.1) is 0 Å². The Kier molecular flexibility index (Phi) is 8.79. The number of urea groups is 1. The van der Waals surface area contributed by atoms with Crippen molar-refractivity contribution >= 4 is 28.4 Å². The number of nitrogens with zero attached hydrogens (tertiary/aromatic N) is 3. The summed E-state index contributed by atoms with van der Waals surface area (Å²) < 4.78 is 32.9. The number of nitrogens with one attached hydrogen (secondary N) is 2. The third-order valence-electron chi connectivity index (χ3n) is 5.66. The van der Waals surface area contributed by atoms with E-state index in [0.717, 1.165) is 0 Å². The zero-order chi connectivity index (χ0) is 27.8. The lowest BCUT2D eigenvalue weighted by atomic mass is 9.91. The van der Waals surface area contributed by atoms with E-state index in [0.29, 0.717) is 65.3 Å². The molecule has 0 saturated heterocycles. The van der Waals surface area contributed by atoms with Crippen molar-refractivity contribution in [2.45, 2.75) is 19.3 Å². The van der Waals surface area contributed by atoms with Crippen LogP contribution in [0.1, 0.15) is 19.6 Å². The van der Waals surface area contributed by atoms with E-state index >= 15 is 0 Å². The SMILES string of the molecule is COCCOc1cc2ncnc(Oc3cccc(NC(=O)Nc4cc(C(C)(C)COC)on4)c3)c2cc1OC. The van der Waals surface area contributed by atoms with Gasteiger partial charge in [0.25, 0.3) is 0 Å². The Morgan fingerprint density at radius 2 is 1.82 bits per heavy atom. The van der Waals surface area contributed by atoms with Crippen LogP contribution in [0.2, 0.25) is 0 Å². The molecule has 4 rings (SSSR count). The van der Waals surface area contributed by atoms with Gasteiger partial charge < -0.3 is 33.5 Å². The summed E-state index contributed by atoms with van der Waals surface area (Å²) >= 11 is 0. The quantitative estimate of drug-likeness (QED) is 0.237. The maximum absolute atomic E-state index is 12.6. The third kappa shape index (κ3) is 6.92. The van der Waals surface area contributed by atoms with Crippen LogP contribution in [-0.4, -0.2) is 62.3 Å². The Hall–Kier alpha value is -4.42. The molecule has 2 amide bonds. The lowest BCUT2D eigenvalue weighted by Crippen LogP contribution is -2.23. The van der Waals surface area contributed by atoms with Gasteiger partial charge in [-0.1, -0.05) is 25.1 Å². The third-order valence-corrected chi connectivity index (χ3v) is 5.66. The number of carbonyl (C=O) groups excluding carboxylic acids is 1. The van der Waals surface area contributed by atoms with Crippen molar-refractivity contribution in [2.75, 3.05) is 51.8 Å². The lowest BCUT2D eigenvalue weighted by Gasteiger charge is -2.19. The van der Waals surface area contributed by atoms with E-state index in [-0.39, 0.29) is 5.82 Å². The second-order valence-corrected chi connectivity index (χ2v) is 9.14. The fraction of sp³-hybridized carbons (Fsp3) is 0.333. The smallest absolute Gasteiger partial charge is 0.324 e. The van der Waals surface area contributed by atoms with E-state index in [9.17, 15) is 4.79 Å². The first-order chi connectivity index (χ1) is 18.8. The molecular formula is C27H31N5O7. The van der Waals surface area contributed by atoms with Crippen LogP contribution >= 0.6 is 0 Å². The average Bonchev–Trinajstić information content (AvgIpc) is 3.38. The lowest BCUT2D eigenvalue weighted by molar-refractivity contribution is 0.129. The molecule has 2 aromatic carbocycles. The number of hydrogen-bond donors (Lipinski definition) is 2. The van der Waals surface area contributed by atoms with Gasteiger partial charge >= 0.3 is 6.03 Å². The summed E-state index contributed by atoms with van der Waals surface area (Å²) in [6.45, 7) is 5.16. The van der Waals surface area contributed by atoms with Crippen molar-refractivity contribution in [1.29, 1.82) is 0 Å². The summed E-state index contributed by atoms with van der Waals surface area (Å²) in [4.78, 5) is 21.2. The minimum Gasteiger partial charge on any atom is -0.493 e. The summed E-state index contributed by atoms with van der Waals surface area (Å²) in [6, 6.07) is 11.6. The summed E-state index contributed by atoms with van der Waals surface area (Å²) in [7, 11) is 4.77. The van der Waals surface area contributed by atoms with Gasteiger partial charge in [0.15, 0.2) is 17.3 Å². The molecule has 0 unspecified atom stereocenters. The fourth-order valence-electron chi connectivity index (χ4n) is 3.74. The first kappa shape index (κ1) is 27.6. The summed E-state index contributed by atoms with van der Waals surface area (Å²) in [6.07, 6.45) is 1.40. The number of aromatic nitrogens is 3. The second kappa shape index (κ2) is 12.4. The van der Waals surface area contributed by atoms with Crippen molar-refractivity contribution in [1.82, 2.24) is 15.1 Å². The van der Waals surface area contributed by atoms with Gasteiger partial charge in [0, 0.05) is 43.5 Å². The standard InChI is InChI=1S/C27H31N5O7/c1-27(2,15-35-4)23-14-24(32-39-23)31-26(33)30-17-7-6-8-18(11-17)38-25-19-12-21(36-5)22(37-10-9-34-3)13-20(19)28-16-29-25/h6-8,11-14,16H,9-10,15H2,1-5H3,(H2,30,31,32,33). The van der Waals surface area contributed by atoms with E-state index in [4.69, 9.17) is 28.2 Å². The molecule has 2 N–H and O–H groups in total. The number of rotatable bonds is 12. The predicted molar refractivity (Wildman–Crippen MR) is 144 cm³/mol. The normalized spacial score (nSPS) is 11.3. The fourth-order valence-corrected chi connectivity index (χ4v) is 3.74. The highest BCUT2D eigenvalue weighted by Gasteiger charge is 2.26. The number of ether oxygens (including phenoxy) is 5. The molecule has 206 valence electrons. The summed E-state index contributed by atoms with van der Waals surface area (Å²) in [5, 5.41) is 9.98. The summed E-state index contributed by atoms with van der Waals surface area (Å²) in [5.74, 6) is 2.69. The molecule has 2 aromatic heterocycles. The van der Waals surface area contributed by atoms with Crippen molar-refractivity contribution in [3.8, 4) is 23.1 Å². The molecule has 0 aliphatic carbocycles. The molecule has 0 bridgehead atoms. The molecule has 39 heavy (non-hydrogen) atoms. The second-order valence-electron chi connectivity index (χ2n) is 9.14. The Morgan fingerprint density at radius 1 is 0.974 bits per heavy atom. The van der Waals surface area contributed by atoms with Gasteiger partial charge in [-0.2, -0.15) is 0 Å². The molecular weight excluding hydrogens is 506 g/mol. The van der Waals surface area contributed by atoms with Gasteiger partial charge in [-0.05, 0) is 18.2 Å². The number of carbonyl (C=O) groups is 1. The molecule has 2 heterocycles. The number of benzene rings is 2. The van der Waals surface area contributed by atoms with Crippen LogP contribution in [0.25, 0.3) is 10.9 Å². The molecule has 0 atom stereocenters. The van der Waals surface area contributed by atoms with Crippen LogP contribution in [0, 0.1) is 0 Å². The van der Waals surface area contributed by atoms with Gasteiger partial charge in [-0.3, -0.25) is 5.32 Å². The largest absolute Gasteiger partial charge is 0.493 e. The molecule has 0 radical (unpaired) electrons. The Bertz CT molecular complexity index is 1420. The topological polar surface area (TPSA) is 139 Å². The first-order valence-corrected chi connectivity index (χ1v) is 12.1. The van der Waals surface area contributed by atoms with Crippen LogP contribution < -0.4 is 24.8 Å². The van der Waals surface area contributed by atoms with Gasteiger partial charge in [-0.25, -0.2) is 14.8 Å². The van der Waals surface area contributed by atoms with Crippen LogP contribution in [0.15, 0.2) is 53.3 Å². The number of methoxy groups -OCH3 is 3. The van der Waals surface area contributed by atoms with Gasteiger partial charge in [0.2, 0.25) is 5.88 Å². The number of anilines is 2. The monoisotopic (exact) mass is 537 g/mol. The van der Waals surface area contributed by atoms with E-state index in [2.05, 4.69) is 25.8 Å². The van der Waals surface area contributed by atoms with E-state index in [1.807, 2.05) is 13.8 Å². The van der Waals surface area contributed by atoms with Gasteiger partial charge in [0.1, 0.15) is 24.4 Å². The van der Waals surface area contributed by atoms with E-state index in [1.54, 1.807) is 63.8 Å². The van der Waals surface area contributed by atoms with Crippen molar-refractivity contribution in [3.63, 3.8) is 0 Å². The Balaban J connectivity index is 1.46. The zero-order valence-corrected chi connectivity index (χ0v) is 22.4. The average molecular weight is 538 g/mol. The molecule has 0 aliphatic rings. The van der Waals surface area contributed by atoms with Crippen LogP contribution in [0.3, 0.4) is 0 Å². The van der Waals surface area contributed by atoms with Gasteiger partial charge in [0.05, 0.1) is 31.2 Å². The molecule has 4 aromatic rings. The Morgan fingerprint density at radius 3 is 2.59 bits per heavy atom. The molecule has 0 spiro atoms. The highest BCUT2D eigenvalue weighted by Crippen LogP contribution is 2.36. The minimum absolute atomic E-state index is 0.283.